The van der Waals surface area contributed by atoms with Gasteiger partial charge in [-0.1, -0.05) is 6.07 Å². The zero-order valence-electron chi connectivity index (χ0n) is 17.9. The van der Waals surface area contributed by atoms with E-state index in [0.29, 0.717) is 29.9 Å². The quantitative estimate of drug-likeness (QED) is 0.450. The van der Waals surface area contributed by atoms with Gasteiger partial charge in [-0.2, -0.15) is 5.10 Å². The molecule has 3 heterocycles. The number of fused-ring (bicyclic) bond motifs is 1. The fraction of sp³-hybridized carbons (Fsp3) is 0.238. The summed E-state index contributed by atoms with van der Waals surface area (Å²) in [5, 5.41) is 6.94. The molecule has 32 heavy (non-hydrogen) atoms. The minimum Gasteiger partial charge on any atom is -0.381 e. The molecule has 0 unspecified atom stereocenters. The summed E-state index contributed by atoms with van der Waals surface area (Å²) in [6.45, 7) is 2.29. The first-order chi connectivity index (χ1) is 15.1. The summed E-state index contributed by atoms with van der Waals surface area (Å²) in [5.74, 6) is -0.267. The van der Waals surface area contributed by atoms with Crippen molar-refractivity contribution in [2.75, 3.05) is 18.5 Å². The highest BCUT2D eigenvalue weighted by Gasteiger charge is 2.18. The van der Waals surface area contributed by atoms with Crippen LogP contribution in [0, 0.1) is 6.92 Å². The van der Waals surface area contributed by atoms with Gasteiger partial charge in [0.05, 0.1) is 23.0 Å². The number of hydrogen-bond donors (Lipinski definition) is 2. The molecule has 0 saturated heterocycles. The number of aryl methyl sites for hydroxylation is 2. The highest BCUT2D eigenvalue weighted by atomic mass is 32.2. The number of nitrogen functional groups attached to an aromatic ring is 1. The predicted octanol–water partition coefficient (Wildman–Crippen LogP) is 1.40. The molecule has 0 aliphatic heterocycles. The van der Waals surface area contributed by atoms with Gasteiger partial charge in [-0.3, -0.25) is 13.9 Å². The van der Waals surface area contributed by atoms with Crippen LogP contribution in [0.3, 0.4) is 0 Å². The van der Waals surface area contributed by atoms with Gasteiger partial charge in [-0.15, -0.1) is 0 Å². The summed E-state index contributed by atoms with van der Waals surface area (Å²) in [7, 11) is -1.55. The Bertz CT molecular complexity index is 1440. The Morgan fingerprint density at radius 3 is 2.69 bits per heavy atom. The number of imidazole rings is 1. The first kappa shape index (κ1) is 21.5. The SMILES string of the molecule is Cc1ccc(S(C)(=O)=O)cc1-c1cnc2c(N)nc(C(=O)NCCc3cnn(C)c3)cn12. The number of rotatable bonds is 6. The Balaban J connectivity index is 1.66. The Morgan fingerprint density at radius 2 is 2.00 bits per heavy atom. The molecule has 4 rings (SSSR count). The van der Waals surface area contributed by atoms with Crippen LogP contribution in [0.15, 0.2) is 47.9 Å². The molecule has 1 aromatic carbocycles. The number of hydrogen-bond acceptors (Lipinski definition) is 7. The second-order valence-corrected chi connectivity index (χ2v) is 9.64. The van der Waals surface area contributed by atoms with E-state index in [9.17, 15) is 13.2 Å². The first-order valence-electron chi connectivity index (χ1n) is 9.84. The molecule has 0 aliphatic rings. The third kappa shape index (κ3) is 4.19. The molecule has 0 saturated carbocycles. The average molecular weight is 454 g/mol. The van der Waals surface area contributed by atoms with Crippen LogP contribution in [0.1, 0.15) is 21.6 Å². The molecule has 0 fully saturated rings. The van der Waals surface area contributed by atoms with Gasteiger partial charge in [0, 0.05) is 37.8 Å². The molecule has 3 N–H and O–H groups in total. The van der Waals surface area contributed by atoms with Crippen molar-refractivity contribution in [1.29, 1.82) is 0 Å². The van der Waals surface area contributed by atoms with E-state index in [0.717, 1.165) is 17.4 Å². The van der Waals surface area contributed by atoms with Crippen molar-refractivity contribution in [2.24, 2.45) is 7.05 Å². The lowest BCUT2D eigenvalue weighted by atomic mass is 10.1. The number of carbonyl (C=O) groups excluding carboxylic acids is 1. The standard InChI is InChI=1S/C21H23N7O3S/c1-13-4-5-15(32(3,30)31)8-16(13)18-10-24-20-19(22)26-17(12-28(18)20)21(29)23-7-6-14-9-25-27(2)11-14/h4-5,8-12H,6-7H2,1-3H3,(H2,22,26)(H,23,29). The minimum absolute atomic E-state index is 0.105. The summed E-state index contributed by atoms with van der Waals surface area (Å²) in [6, 6.07) is 4.90. The summed E-state index contributed by atoms with van der Waals surface area (Å²) in [6.07, 6.45) is 8.57. The predicted molar refractivity (Wildman–Crippen MR) is 120 cm³/mol. The summed E-state index contributed by atoms with van der Waals surface area (Å²) < 4.78 is 27.4. The molecule has 10 nitrogen and oxygen atoms in total. The van der Waals surface area contributed by atoms with E-state index in [1.807, 2.05) is 20.2 Å². The lowest BCUT2D eigenvalue weighted by Crippen LogP contribution is -2.27. The van der Waals surface area contributed by atoms with Gasteiger partial charge in [0.15, 0.2) is 21.3 Å². The molecule has 0 radical (unpaired) electrons. The maximum absolute atomic E-state index is 12.7. The number of carbonyl (C=O) groups is 1. The molecule has 0 bridgehead atoms. The van der Waals surface area contributed by atoms with Crippen molar-refractivity contribution >= 4 is 27.2 Å². The fourth-order valence-electron chi connectivity index (χ4n) is 3.44. The van der Waals surface area contributed by atoms with Crippen LogP contribution in [-0.2, 0) is 23.3 Å². The number of anilines is 1. The van der Waals surface area contributed by atoms with Crippen LogP contribution < -0.4 is 11.1 Å². The fourth-order valence-corrected chi connectivity index (χ4v) is 4.09. The van der Waals surface area contributed by atoms with Gasteiger partial charge < -0.3 is 11.1 Å². The Morgan fingerprint density at radius 1 is 1.22 bits per heavy atom. The van der Waals surface area contributed by atoms with Crippen LogP contribution in [0.25, 0.3) is 16.9 Å². The third-order valence-corrected chi connectivity index (χ3v) is 6.23. The normalized spacial score (nSPS) is 11.7. The van der Waals surface area contributed by atoms with Crippen molar-refractivity contribution in [3.63, 3.8) is 0 Å². The van der Waals surface area contributed by atoms with E-state index in [1.54, 1.807) is 45.9 Å². The molecule has 0 spiro atoms. The molecular formula is C21H23N7O3S. The van der Waals surface area contributed by atoms with Gasteiger partial charge in [0.1, 0.15) is 5.69 Å². The Hall–Kier alpha value is -3.73. The molecular weight excluding hydrogens is 430 g/mol. The smallest absolute Gasteiger partial charge is 0.271 e. The number of nitrogens with one attached hydrogen (secondary N) is 1. The van der Waals surface area contributed by atoms with Crippen LogP contribution in [0.2, 0.25) is 0 Å². The van der Waals surface area contributed by atoms with Crippen molar-refractivity contribution < 1.29 is 13.2 Å². The van der Waals surface area contributed by atoms with E-state index in [-0.39, 0.29) is 22.3 Å². The minimum atomic E-state index is -3.38. The van der Waals surface area contributed by atoms with Gasteiger partial charge >= 0.3 is 0 Å². The van der Waals surface area contributed by atoms with E-state index in [1.165, 1.54) is 0 Å². The maximum atomic E-state index is 12.7. The number of nitrogens with two attached hydrogens (primary N) is 1. The van der Waals surface area contributed by atoms with Crippen LogP contribution >= 0.6 is 0 Å². The Kier molecular flexibility index (Phi) is 5.43. The van der Waals surface area contributed by atoms with Gasteiger partial charge in [-0.05, 0) is 36.6 Å². The molecule has 0 aliphatic carbocycles. The van der Waals surface area contributed by atoms with Crippen molar-refractivity contribution in [1.82, 2.24) is 29.5 Å². The van der Waals surface area contributed by atoms with E-state index in [4.69, 9.17) is 5.73 Å². The maximum Gasteiger partial charge on any atom is 0.271 e. The molecule has 11 heteroatoms. The van der Waals surface area contributed by atoms with E-state index >= 15 is 0 Å². The second-order valence-electron chi connectivity index (χ2n) is 7.63. The number of amides is 1. The van der Waals surface area contributed by atoms with Crippen LogP contribution in [0.5, 0.6) is 0 Å². The molecule has 4 aromatic rings. The lowest BCUT2D eigenvalue weighted by molar-refractivity contribution is 0.0949. The summed E-state index contributed by atoms with van der Waals surface area (Å²) in [5.41, 5.74) is 9.74. The van der Waals surface area contributed by atoms with Gasteiger partial charge in [-0.25, -0.2) is 18.4 Å². The van der Waals surface area contributed by atoms with Crippen molar-refractivity contribution in [2.45, 2.75) is 18.2 Å². The van der Waals surface area contributed by atoms with E-state index < -0.39 is 9.84 Å². The van der Waals surface area contributed by atoms with Crippen LogP contribution in [-0.4, -0.2) is 51.3 Å². The number of benzene rings is 1. The number of nitrogens with zero attached hydrogens (tertiary/aromatic N) is 5. The van der Waals surface area contributed by atoms with Crippen LogP contribution in [0.4, 0.5) is 5.82 Å². The lowest BCUT2D eigenvalue weighted by Gasteiger charge is -2.10. The highest BCUT2D eigenvalue weighted by molar-refractivity contribution is 7.90. The largest absolute Gasteiger partial charge is 0.381 e. The topological polar surface area (TPSA) is 137 Å². The molecule has 0 atom stereocenters. The summed E-state index contributed by atoms with van der Waals surface area (Å²) in [4.78, 5) is 21.4. The second kappa shape index (κ2) is 8.08. The molecule has 3 aromatic heterocycles. The Labute approximate surface area is 185 Å². The number of sulfone groups is 1. The highest BCUT2D eigenvalue weighted by Crippen LogP contribution is 2.28. The molecule has 166 valence electrons. The first-order valence-corrected chi connectivity index (χ1v) is 11.7. The van der Waals surface area contributed by atoms with Crippen molar-refractivity contribution in [3.05, 3.63) is 59.8 Å². The molecule has 1 amide bonds. The van der Waals surface area contributed by atoms with Gasteiger partial charge in [0.2, 0.25) is 0 Å². The van der Waals surface area contributed by atoms with Gasteiger partial charge in [0.25, 0.3) is 5.91 Å². The number of aromatic nitrogens is 5. The van der Waals surface area contributed by atoms with Crippen molar-refractivity contribution in [3.8, 4) is 11.3 Å². The average Bonchev–Trinajstić information content (AvgIpc) is 3.34. The van der Waals surface area contributed by atoms with E-state index in [2.05, 4.69) is 20.4 Å². The monoisotopic (exact) mass is 453 g/mol. The zero-order valence-corrected chi connectivity index (χ0v) is 18.7. The summed E-state index contributed by atoms with van der Waals surface area (Å²) >= 11 is 0. The zero-order chi connectivity index (χ0) is 23.0. The third-order valence-electron chi connectivity index (χ3n) is 5.12.